The van der Waals surface area contributed by atoms with Crippen LogP contribution in [0.15, 0.2) is 18.2 Å². The molecule has 1 amide bonds. The predicted molar refractivity (Wildman–Crippen MR) is 44.7 cm³/mol. The molecule has 1 rings (SSSR count). The second-order valence-electron chi connectivity index (χ2n) is 2.62. The first-order chi connectivity index (χ1) is 7.28. The average molecular weight is 239 g/mol. The van der Waals surface area contributed by atoms with Crippen LogP contribution < -0.4 is 10.1 Å². The molecule has 0 aromatic heterocycles. The van der Waals surface area contributed by atoms with Crippen molar-refractivity contribution in [3.8, 4) is 5.75 Å². The molecule has 16 heavy (non-hydrogen) atoms. The number of hydrogen-bond donors (Lipinski definition) is 2. The van der Waals surface area contributed by atoms with Crippen molar-refractivity contribution in [3.05, 3.63) is 24.0 Å². The Morgan fingerprint density at radius 3 is 2.44 bits per heavy atom. The first-order valence-electron chi connectivity index (χ1n) is 3.83. The summed E-state index contributed by atoms with van der Waals surface area (Å²) in [5.74, 6) is -1.93. The normalized spacial score (nSPS) is 11.0. The van der Waals surface area contributed by atoms with Gasteiger partial charge in [-0.2, -0.15) is 0 Å². The van der Waals surface area contributed by atoms with Gasteiger partial charge in [0.05, 0.1) is 5.69 Å². The first kappa shape index (κ1) is 12.1. The topological polar surface area (TPSA) is 58.6 Å². The second kappa shape index (κ2) is 4.25. The number of halogens is 4. The van der Waals surface area contributed by atoms with E-state index in [9.17, 15) is 22.4 Å². The molecule has 0 saturated heterocycles. The Balaban J connectivity index is 2.87. The standard InChI is InChI=1S/C8H5F4NO3/c9-5-3-4(16-8(10,11)12)1-2-6(5)13-7(14)15/h1-3,13H,(H,14,15). The number of hydrogen-bond acceptors (Lipinski definition) is 2. The molecular weight excluding hydrogens is 234 g/mol. The number of carboxylic acid groups (broad SMARTS) is 1. The van der Waals surface area contributed by atoms with Gasteiger partial charge in [0, 0.05) is 6.07 Å². The van der Waals surface area contributed by atoms with Crippen LogP contribution in [0.5, 0.6) is 5.75 Å². The van der Waals surface area contributed by atoms with E-state index in [0.717, 1.165) is 12.1 Å². The lowest BCUT2D eigenvalue weighted by Gasteiger charge is -2.09. The highest BCUT2D eigenvalue weighted by Gasteiger charge is 2.31. The summed E-state index contributed by atoms with van der Waals surface area (Å²) in [6, 6.07) is 2.05. The van der Waals surface area contributed by atoms with E-state index < -0.39 is 29.7 Å². The van der Waals surface area contributed by atoms with E-state index in [4.69, 9.17) is 5.11 Å². The molecule has 0 bridgehead atoms. The SMILES string of the molecule is O=C(O)Nc1ccc(OC(F)(F)F)cc1F. The number of nitrogens with one attached hydrogen (secondary N) is 1. The van der Waals surface area contributed by atoms with Crippen molar-refractivity contribution in [2.75, 3.05) is 5.32 Å². The minimum Gasteiger partial charge on any atom is -0.465 e. The summed E-state index contributed by atoms with van der Waals surface area (Å²) in [6.07, 6.45) is -6.45. The van der Waals surface area contributed by atoms with Gasteiger partial charge in [0.15, 0.2) is 5.82 Å². The van der Waals surface area contributed by atoms with Gasteiger partial charge in [-0.05, 0) is 12.1 Å². The van der Waals surface area contributed by atoms with Gasteiger partial charge >= 0.3 is 12.5 Å². The van der Waals surface area contributed by atoms with E-state index in [1.165, 1.54) is 0 Å². The zero-order valence-electron chi connectivity index (χ0n) is 7.51. The number of carbonyl (C=O) groups is 1. The number of rotatable bonds is 2. The minimum absolute atomic E-state index is 0.429. The van der Waals surface area contributed by atoms with Gasteiger partial charge in [0.25, 0.3) is 0 Å². The molecule has 4 nitrogen and oxygen atoms in total. The van der Waals surface area contributed by atoms with Gasteiger partial charge in [-0.1, -0.05) is 0 Å². The van der Waals surface area contributed by atoms with Crippen LogP contribution in [0, 0.1) is 5.82 Å². The smallest absolute Gasteiger partial charge is 0.465 e. The van der Waals surface area contributed by atoms with Crippen LogP contribution in [0.4, 0.5) is 28.0 Å². The highest BCUT2D eigenvalue weighted by Crippen LogP contribution is 2.26. The Kier molecular flexibility index (Phi) is 3.21. The van der Waals surface area contributed by atoms with Crippen LogP contribution in [-0.4, -0.2) is 17.6 Å². The third-order valence-corrected chi connectivity index (χ3v) is 1.42. The fourth-order valence-electron chi connectivity index (χ4n) is 0.910. The molecule has 0 aliphatic rings. The van der Waals surface area contributed by atoms with Crippen molar-refractivity contribution in [1.82, 2.24) is 0 Å². The van der Waals surface area contributed by atoms with Crippen molar-refractivity contribution in [2.45, 2.75) is 6.36 Å². The van der Waals surface area contributed by atoms with Crippen molar-refractivity contribution < 1.29 is 32.2 Å². The molecule has 0 spiro atoms. The van der Waals surface area contributed by atoms with Crippen molar-refractivity contribution in [2.24, 2.45) is 0 Å². The number of benzene rings is 1. The van der Waals surface area contributed by atoms with Gasteiger partial charge in [-0.25, -0.2) is 9.18 Å². The lowest BCUT2D eigenvalue weighted by molar-refractivity contribution is -0.274. The summed E-state index contributed by atoms with van der Waals surface area (Å²) in [4.78, 5) is 10.1. The predicted octanol–water partition coefficient (Wildman–Crippen LogP) is 2.81. The first-order valence-corrected chi connectivity index (χ1v) is 3.83. The molecule has 0 aliphatic carbocycles. The van der Waals surface area contributed by atoms with E-state index in [1.807, 2.05) is 0 Å². The highest BCUT2D eigenvalue weighted by atomic mass is 19.4. The molecule has 1 aromatic carbocycles. The molecule has 2 N–H and O–H groups in total. The fraction of sp³-hybridized carbons (Fsp3) is 0.125. The fourth-order valence-corrected chi connectivity index (χ4v) is 0.910. The summed E-state index contributed by atoms with van der Waals surface area (Å²) in [7, 11) is 0. The quantitative estimate of drug-likeness (QED) is 0.780. The van der Waals surface area contributed by atoms with Crippen LogP contribution >= 0.6 is 0 Å². The summed E-state index contributed by atoms with van der Waals surface area (Å²) < 4.78 is 51.6. The largest absolute Gasteiger partial charge is 0.573 e. The zero-order valence-corrected chi connectivity index (χ0v) is 7.51. The maximum Gasteiger partial charge on any atom is 0.573 e. The van der Waals surface area contributed by atoms with Gasteiger partial charge in [0.1, 0.15) is 5.75 Å². The molecule has 0 radical (unpaired) electrons. The molecule has 1 aromatic rings. The summed E-state index contributed by atoms with van der Waals surface area (Å²) >= 11 is 0. The van der Waals surface area contributed by atoms with E-state index in [-0.39, 0.29) is 0 Å². The van der Waals surface area contributed by atoms with E-state index in [2.05, 4.69) is 4.74 Å². The van der Waals surface area contributed by atoms with Crippen molar-refractivity contribution in [1.29, 1.82) is 0 Å². The minimum atomic E-state index is -4.92. The molecule has 0 unspecified atom stereocenters. The maximum absolute atomic E-state index is 13.0. The van der Waals surface area contributed by atoms with Gasteiger partial charge < -0.3 is 9.84 Å². The van der Waals surface area contributed by atoms with E-state index >= 15 is 0 Å². The van der Waals surface area contributed by atoms with Gasteiger partial charge in [-0.15, -0.1) is 13.2 Å². The lowest BCUT2D eigenvalue weighted by atomic mass is 10.3. The van der Waals surface area contributed by atoms with E-state index in [0.29, 0.717) is 6.07 Å². The molecule has 0 fully saturated rings. The lowest BCUT2D eigenvalue weighted by Crippen LogP contribution is -2.17. The Morgan fingerprint density at radius 1 is 1.38 bits per heavy atom. The highest BCUT2D eigenvalue weighted by molar-refractivity contribution is 5.83. The summed E-state index contributed by atoms with van der Waals surface area (Å²) in [5, 5.41) is 9.93. The number of amides is 1. The summed E-state index contributed by atoms with van der Waals surface area (Å²) in [6.45, 7) is 0. The third-order valence-electron chi connectivity index (χ3n) is 1.42. The summed E-state index contributed by atoms with van der Waals surface area (Å²) in [5.41, 5.74) is -0.456. The number of anilines is 1. The molecule has 0 atom stereocenters. The Bertz CT molecular complexity index is 405. The van der Waals surface area contributed by atoms with Crippen LogP contribution in [0.25, 0.3) is 0 Å². The zero-order chi connectivity index (χ0) is 12.3. The van der Waals surface area contributed by atoms with Crippen LogP contribution in [-0.2, 0) is 0 Å². The number of ether oxygens (including phenoxy) is 1. The maximum atomic E-state index is 13.0. The van der Waals surface area contributed by atoms with Gasteiger partial charge in [-0.3, -0.25) is 5.32 Å². The van der Waals surface area contributed by atoms with Crippen LogP contribution in [0.3, 0.4) is 0 Å². The second-order valence-corrected chi connectivity index (χ2v) is 2.62. The molecule has 88 valence electrons. The molecule has 0 heterocycles. The van der Waals surface area contributed by atoms with Crippen molar-refractivity contribution >= 4 is 11.8 Å². The Labute approximate surface area is 86.4 Å². The Morgan fingerprint density at radius 2 is 2.00 bits per heavy atom. The number of alkyl halides is 3. The average Bonchev–Trinajstić information content (AvgIpc) is 2.06. The monoisotopic (exact) mass is 239 g/mol. The van der Waals surface area contributed by atoms with Crippen molar-refractivity contribution in [3.63, 3.8) is 0 Å². The molecule has 0 saturated carbocycles. The Hall–Kier alpha value is -1.99. The van der Waals surface area contributed by atoms with Crippen LogP contribution in [0.1, 0.15) is 0 Å². The molecule has 8 heteroatoms. The van der Waals surface area contributed by atoms with Gasteiger partial charge in [0.2, 0.25) is 0 Å². The van der Waals surface area contributed by atoms with Crippen LogP contribution in [0.2, 0.25) is 0 Å². The third kappa shape index (κ3) is 3.64. The molecular formula is C8H5F4NO3. The molecule has 0 aliphatic heterocycles. The van der Waals surface area contributed by atoms with E-state index in [1.54, 1.807) is 5.32 Å².